The molecule has 11 heteroatoms. The van der Waals surface area contributed by atoms with E-state index in [4.69, 9.17) is 17.3 Å². The summed E-state index contributed by atoms with van der Waals surface area (Å²) in [4.78, 5) is 16.6. The van der Waals surface area contributed by atoms with E-state index in [1.807, 2.05) is 4.57 Å². The Morgan fingerprint density at radius 3 is 2.49 bits per heavy atom. The van der Waals surface area contributed by atoms with Gasteiger partial charge >= 0.3 is 6.18 Å². The number of nitrogens with one attached hydrogen (secondary N) is 2. The number of hydrogen-bond acceptors (Lipinski definition) is 4. The first-order valence-electron chi connectivity index (χ1n) is 13.4. The second-order valence-corrected chi connectivity index (χ2v) is 11.9. The average molecular weight is 562 g/mol. The van der Waals surface area contributed by atoms with E-state index < -0.39 is 28.1 Å². The molecule has 3 aromatic rings. The SMILES string of the molecule is CC(=O)NCc1c(C2[C@H]3CNC[C@@H]23)c2c(C3CC3)nc(-c3cc(N)cc(Cl)c3C(F)(F)F)c(F)c2n1C1CC1. The van der Waals surface area contributed by atoms with Gasteiger partial charge < -0.3 is 20.9 Å². The molecule has 0 radical (unpaired) electrons. The highest BCUT2D eigenvalue weighted by Gasteiger charge is 2.56. The van der Waals surface area contributed by atoms with Crippen LogP contribution in [0, 0.1) is 17.7 Å². The number of hydrogen-bond donors (Lipinski definition) is 3. The van der Waals surface area contributed by atoms with Crippen LogP contribution in [0.4, 0.5) is 23.2 Å². The molecular formula is C28H28ClF4N5O. The van der Waals surface area contributed by atoms with Gasteiger partial charge in [0.1, 0.15) is 5.69 Å². The van der Waals surface area contributed by atoms with E-state index in [1.54, 1.807) is 0 Å². The van der Waals surface area contributed by atoms with Gasteiger partial charge in [0.2, 0.25) is 5.91 Å². The van der Waals surface area contributed by atoms with E-state index in [9.17, 15) is 18.0 Å². The van der Waals surface area contributed by atoms with E-state index in [0.717, 1.165) is 67.5 Å². The number of carbonyl (C=O) groups excluding carboxylic acids is 1. The number of alkyl halides is 3. The van der Waals surface area contributed by atoms with Gasteiger partial charge in [-0.3, -0.25) is 4.79 Å². The predicted octanol–water partition coefficient (Wildman–Crippen LogP) is 5.88. The minimum Gasteiger partial charge on any atom is -0.399 e. The third kappa shape index (κ3) is 4.01. The lowest BCUT2D eigenvalue weighted by Crippen LogP contribution is -2.22. The van der Waals surface area contributed by atoms with Crippen LogP contribution >= 0.6 is 11.6 Å². The average Bonchev–Trinajstić information content (AvgIpc) is 3.79. The summed E-state index contributed by atoms with van der Waals surface area (Å²) in [5, 5.41) is 6.46. The lowest BCUT2D eigenvalue weighted by molar-refractivity contribution is -0.137. The summed E-state index contributed by atoms with van der Waals surface area (Å²) in [6.07, 6.45) is -1.48. The Hall–Kier alpha value is -2.85. The largest absolute Gasteiger partial charge is 0.418 e. The molecule has 3 atom stereocenters. The minimum absolute atomic E-state index is 0.000173. The molecule has 1 amide bonds. The quantitative estimate of drug-likeness (QED) is 0.259. The zero-order valence-corrected chi connectivity index (χ0v) is 22.0. The Labute approximate surface area is 227 Å². The van der Waals surface area contributed by atoms with Crippen molar-refractivity contribution in [1.29, 1.82) is 0 Å². The number of piperidine rings is 1. The Morgan fingerprint density at radius 2 is 1.90 bits per heavy atom. The minimum atomic E-state index is -4.83. The number of halogens is 5. The Bertz CT molecular complexity index is 1530. The number of amides is 1. The molecule has 39 heavy (non-hydrogen) atoms. The number of pyridine rings is 1. The van der Waals surface area contributed by atoms with Gasteiger partial charge in [0.15, 0.2) is 5.82 Å². The van der Waals surface area contributed by atoms with Gasteiger partial charge in [-0.25, -0.2) is 9.37 Å². The van der Waals surface area contributed by atoms with Crippen molar-refractivity contribution in [2.45, 2.75) is 63.2 Å². The third-order valence-electron chi connectivity index (χ3n) is 8.71. The second-order valence-electron chi connectivity index (χ2n) is 11.5. The highest BCUT2D eigenvalue weighted by molar-refractivity contribution is 6.32. The Kier molecular flexibility index (Phi) is 5.53. The number of aromatic nitrogens is 2. The van der Waals surface area contributed by atoms with Crippen molar-refractivity contribution in [2.75, 3.05) is 18.8 Å². The van der Waals surface area contributed by atoms with Crippen molar-refractivity contribution in [3.05, 3.63) is 45.5 Å². The molecule has 1 unspecified atom stereocenters. The van der Waals surface area contributed by atoms with E-state index in [0.29, 0.717) is 23.0 Å². The zero-order valence-electron chi connectivity index (χ0n) is 21.3. The molecule has 3 saturated carbocycles. The number of fused-ring (bicyclic) bond motifs is 2. The van der Waals surface area contributed by atoms with Gasteiger partial charge in [-0.05, 0) is 74.2 Å². The maximum absolute atomic E-state index is 16.8. The van der Waals surface area contributed by atoms with Crippen molar-refractivity contribution in [1.82, 2.24) is 20.2 Å². The summed E-state index contributed by atoms with van der Waals surface area (Å²) in [5.74, 6) is 0.0775. The van der Waals surface area contributed by atoms with Gasteiger partial charge in [-0.2, -0.15) is 13.2 Å². The van der Waals surface area contributed by atoms with Crippen molar-refractivity contribution in [2.24, 2.45) is 11.8 Å². The normalized spacial score (nSPS) is 24.3. The van der Waals surface area contributed by atoms with E-state index in [-0.39, 0.29) is 41.7 Å². The summed E-state index contributed by atoms with van der Waals surface area (Å²) < 4.78 is 61.5. The van der Waals surface area contributed by atoms with Crippen molar-refractivity contribution in [3.63, 3.8) is 0 Å². The molecule has 7 rings (SSSR count). The predicted molar refractivity (Wildman–Crippen MR) is 140 cm³/mol. The number of carbonyl (C=O) groups is 1. The van der Waals surface area contributed by atoms with Crippen LogP contribution in [0.15, 0.2) is 12.1 Å². The van der Waals surface area contributed by atoms with Crippen LogP contribution < -0.4 is 16.4 Å². The molecule has 0 bridgehead atoms. The molecule has 2 aromatic heterocycles. The summed E-state index contributed by atoms with van der Waals surface area (Å²) in [6.45, 7) is 3.41. The lowest BCUT2D eigenvalue weighted by atomic mass is 9.96. The molecule has 4 aliphatic rings. The van der Waals surface area contributed by atoms with Crippen LogP contribution in [0.2, 0.25) is 5.02 Å². The van der Waals surface area contributed by atoms with Gasteiger partial charge in [-0.1, -0.05) is 11.6 Å². The number of nitrogens with two attached hydrogens (primary N) is 1. The number of rotatable bonds is 6. The molecule has 206 valence electrons. The van der Waals surface area contributed by atoms with Crippen LogP contribution in [0.5, 0.6) is 0 Å². The maximum atomic E-state index is 16.8. The fourth-order valence-electron chi connectivity index (χ4n) is 6.73. The topological polar surface area (TPSA) is 85.0 Å². The van der Waals surface area contributed by atoms with Crippen LogP contribution in [0.3, 0.4) is 0 Å². The van der Waals surface area contributed by atoms with Gasteiger partial charge in [-0.15, -0.1) is 0 Å². The standard InChI is InChI=1S/C28H28ClF4N5O/c1-11(39)36-10-19-21(20-16-8-35-9-17(16)20)22-25(12-2-3-12)37-26(24(30)27(22)38(19)14-4-5-14)15-6-13(34)7-18(29)23(15)28(31,32)33/h6-7,12,14,16-17,20,35H,2-5,8-10,34H2,1H3,(H,36,39)/t16-,17+,20?. The molecule has 3 heterocycles. The molecule has 3 aliphatic carbocycles. The fourth-order valence-corrected chi connectivity index (χ4v) is 7.07. The summed E-state index contributed by atoms with van der Waals surface area (Å²) in [5.41, 5.74) is 6.75. The van der Waals surface area contributed by atoms with Crippen LogP contribution in [0.1, 0.15) is 73.0 Å². The third-order valence-corrected chi connectivity index (χ3v) is 9.01. The summed E-state index contributed by atoms with van der Waals surface area (Å²) in [7, 11) is 0. The Balaban J connectivity index is 1.56. The van der Waals surface area contributed by atoms with Gasteiger partial charge in [0, 0.05) is 41.2 Å². The van der Waals surface area contributed by atoms with Crippen molar-refractivity contribution >= 4 is 34.1 Å². The van der Waals surface area contributed by atoms with Gasteiger partial charge in [0.05, 0.1) is 28.3 Å². The molecule has 4 fully saturated rings. The first-order chi connectivity index (χ1) is 18.6. The van der Waals surface area contributed by atoms with E-state index >= 15 is 4.39 Å². The molecule has 1 saturated heterocycles. The van der Waals surface area contributed by atoms with E-state index in [2.05, 4.69) is 15.6 Å². The second kappa shape index (κ2) is 8.57. The first-order valence-corrected chi connectivity index (χ1v) is 13.8. The number of nitrogen functional groups attached to an aromatic ring is 1. The van der Waals surface area contributed by atoms with Crippen molar-refractivity contribution in [3.8, 4) is 11.3 Å². The monoisotopic (exact) mass is 561 g/mol. The van der Waals surface area contributed by atoms with Gasteiger partial charge in [0.25, 0.3) is 0 Å². The number of anilines is 1. The molecular weight excluding hydrogens is 534 g/mol. The molecule has 4 N–H and O–H groups in total. The highest BCUT2D eigenvalue weighted by atomic mass is 35.5. The smallest absolute Gasteiger partial charge is 0.399 e. The summed E-state index contributed by atoms with van der Waals surface area (Å²) in [6, 6.07) is 2.16. The maximum Gasteiger partial charge on any atom is 0.418 e. The van der Waals surface area contributed by atoms with Crippen LogP contribution in [-0.4, -0.2) is 28.5 Å². The first kappa shape index (κ1) is 25.1. The number of nitrogens with zero attached hydrogens (tertiary/aromatic N) is 2. The van der Waals surface area contributed by atoms with Crippen LogP contribution in [0.25, 0.3) is 22.2 Å². The lowest BCUT2D eigenvalue weighted by Gasteiger charge is -2.18. The number of benzene rings is 1. The molecule has 1 aromatic carbocycles. The zero-order chi connectivity index (χ0) is 27.4. The van der Waals surface area contributed by atoms with E-state index in [1.165, 1.54) is 6.92 Å². The highest BCUT2D eigenvalue weighted by Crippen LogP contribution is 2.61. The molecule has 1 aliphatic heterocycles. The fraction of sp³-hybridized carbons (Fsp3) is 0.500. The van der Waals surface area contributed by atoms with Crippen LogP contribution in [-0.2, 0) is 17.5 Å². The summed E-state index contributed by atoms with van der Waals surface area (Å²) >= 11 is 6.05. The Morgan fingerprint density at radius 1 is 1.21 bits per heavy atom. The molecule has 0 spiro atoms. The van der Waals surface area contributed by atoms with Crippen molar-refractivity contribution < 1.29 is 22.4 Å². The molecule has 6 nitrogen and oxygen atoms in total.